The third kappa shape index (κ3) is 22.6. The number of fused-ring (bicyclic) bond motifs is 10. The van der Waals surface area contributed by atoms with E-state index in [1.165, 1.54) is 108 Å². The first-order valence-electron chi connectivity index (χ1n) is 43.5. The van der Waals surface area contributed by atoms with Crippen molar-refractivity contribution in [2.24, 2.45) is 63.1 Å². The molecule has 0 aromatic heterocycles. The molecule has 6 fully saturated rings. The normalized spacial score (nSPS) is 32.2. The zero-order valence-corrected chi connectivity index (χ0v) is 69.9. The van der Waals surface area contributed by atoms with Gasteiger partial charge in [0.1, 0.15) is 17.0 Å². The first kappa shape index (κ1) is 95.8. The summed E-state index contributed by atoms with van der Waals surface area (Å²) in [7, 11) is 0. The highest BCUT2D eigenvalue weighted by atomic mass is 19.1. The monoisotopic (exact) mass is 1580 g/mol. The number of aliphatic hydroxyl groups excluding tert-OH is 2. The van der Waals surface area contributed by atoms with E-state index in [0.29, 0.717) is 87.2 Å². The van der Waals surface area contributed by atoms with Crippen LogP contribution in [0.4, 0.5) is 8.78 Å². The summed E-state index contributed by atoms with van der Waals surface area (Å²) in [5, 5.41) is 47.4. The van der Waals surface area contributed by atoms with Gasteiger partial charge in [0.2, 0.25) is 11.6 Å². The third-order valence-electron chi connectivity index (χ3n) is 27.9. The van der Waals surface area contributed by atoms with E-state index in [2.05, 4.69) is 75.6 Å². The van der Waals surface area contributed by atoms with E-state index in [9.17, 15) is 54.0 Å². The number of esters is 2. The molecule has 0 saturated heterocycles. The van der Waals surface area contributed by atoms with Gasteiger partial charge < -0.3 is 39.4 Å². The second-order valence-corrected chi connectivity index (χ2v) is 35.3. The lowest BCUT2D eigenvalue weighted by Gasteiger charge is -2.62. The van der Waals surface area contributed by atoms with Crippen LogP contribution in [-0.4, -0.2) is 122 Å². The fourth-order valence-electron chi connectivity index (χ4n) is 21.0. The Morgan fingerprint density at radius 3 is 1.30 bits per heavy atom. The summed E-state index contributed by atoms with van der Waals surface area (Å²) in [5.74, 6) is -4.83. The summed E-state index contributed by atoms with van der Waals surface area (Å²) in [6.45, 7) is 24.5. The molecule has 8 aliphatic carbocycles. The second kappa shape index (κ2) is 44.5. The molecule has 1 unspecified atom stereocenters. The smallest absolute Gasteiger partial charge is 0.306 e. The van der Waals surface area contributed by atoms with E-state index in [-0.39, 0.29) is 75.1 Å². The van der Waals surface area contributed by atoms with Gasteiger partial charge in [-0.15, -0.1) is 0 Å². The Balaban J connectivity index is 0.000000351. The van der Waals surface area contributed by atoms with E-state index in [0.717, 1.165) is 70.6 Å². The minimum Gasteiger partial charge on any atom is -0.499 e. The Kier molecular flexibility index (Phi) is 37.8. The molecule has 17 heteroatoms. The van der Waals surface area contributed by atoms with Crippen LogP contribution in [0, 0.1) is 63.1 Å². The van der Waals surface area contributed by atoms with Crippen LogP contribution in [0.1, 0.15) is 314 Å². The van der Waals surface area contributed by atoms with Gasteiger partial charge >= 0.3 is 11.9 Å². The number of Topliss-reactive ketones (excluding diaryl/α,β-unsaturated/α-hetero) is 3. The molecule has 0 spiro atoms. The van der Waals surface area contributed by atoms with Gasteiger partial charge in [-0.05, 0) is 203 Å². The maximum absolute atomic E-state index is 17.5. The zero-order valence-electron chi connectivity index (χ0n) is 69.9. The average molecular weight is 1580 g/mol. The maximum Gasteiger partial charge on any atom is 0.306 e. The van der Waals surface area contributed by atoms with Gasteiger partial charge in [0, 0.05) is 59.2 Å². The van der Waals surface area contributed by atoms with Crippen LogP contribution in [0.15, 0.2) is 121 Å². The molecule has 0 amide bonds. The average Bonchev–Trinajstić information content (AvgIpc) is 1.62. The molecule has 113 heavy (non-hydrogen) atoms. The number of hydrogen-bond acceptors (Lipinski definition) is 15. The van der Waals surface area contributed by atoms with Crippen molar-refractivity contribution in [3.8, 4) is 0 Å². The molecule has 4 N–H and O–H groups in total. The summed E-state index contributed by atoms with van der Waals surface area (Å²) in [4.78, 5) is 89.9. The lowest BCUT2D eigenvalue weighted by atomic mass is 9.44. The molecule has 634 valence electrons. The minimum atomic E-state index is -2.07. The first-order chi connectivity index (χ1) is 53.3. The number of unbranched alkanes of at least 4 members (excludes halogenated alkanes) is 17. The topological polar surface area (TPSA) is 237 Å². The van der Waals surface area contributed by atoms with Crippen molar-refractivity contribution in [1.29, 1.82) is 0 Å². The number of alkyl halides is 2. The van der Waals surface area contributed by atoms with Crippen molar-refractivity contribution in [3.05, 3.63) is 121 Å². The molecule has 6 saturated carbocycles. The molecule has 0 heterocycles. The molecule has 0 aliphatic heterocycles. The summed E-state index contributed by atoms with van der Waals surface area (Å²) in [6.07, 6.45) is 55.3. The van der Waals surface area contributed by atoms with Crippen molar-refractivity contribution in [2.45, 2.75) is 348 Å². The number of rotatable bonds is 48. The van der Waals surface area contributed by atoms with Crippen LogP contribution in [0.25, 0.3) is 0 Å². The van der Waals surface area contributed by atoms with E-state index >= 15 is 8.78 Å². The van der Waals surface area contributed by atoms with Crippen molar-refractivity contribution in [2.75, 3.05) is 26.4 Å². The quantitative estimate of drug-likeness (QED) is 0.0192. The SMILES string of the molecule is C.C=C(CCC(=O)OCC(=O)[C@@]1(O)[C@H](C)C[C@H]2[C@@H]3CCC4=CC(=O)C=C[C@]4(C)[C@@]3(F)[C@@H](O)C[C@@]21C)OCC(CC)CC(=O)CCCCCCC/C=C\C/C=C\CCCCC.C=C(CCC(=O)OCC(=O)[C@@]1(O)[C@H](C)C[C@H]2[C@@H]3CCC4=CC(=O)C=C[C@]4(C)[C@@]3(F)[C@@H](O)C[C@@]21C)OCCCCCCCC/C=C\C/C=C\CCCCC. The molecule has 15 nitrogen and oxygen atoms in total. The summed E-state index contributed by atoms with van der Waals surface area (Å²) in [6, 6.07) is 0. The Hall–Kier alpha value is -6.01. The lowest BCUT2D eigenvalue weighted by molar-refractivity contribution is -0.220. The zero-order chi connectivity index (χ0) is 82.0. The fraction of sp³-hybridized carbons (Fsp3) is 0.719. The first-order valence-corrected chi connectivity index (χ1v) is 43.5. The van der Waals surface area contributed by atoms with Gasteiger partial charge in [0.25, 0.3) is 0 Å². The van der Waals surface area contributed by atoms with Crippen molar-refractivity contribution in [1.82, 2.24) is 0 Å². The van der Waals surface area contributed by atoms with Crippen LogP contribution in [0.5, 0.6) is 0 Å². The Bertz CT molecular complexity index is 3450. The predicted octanol–water partition coefficient (Wildman–Crippen LogP) is 20.8. The highest BCUT2D eigenvalue weighted by molar-refractivity contribution is 6.02. The van der Waals surface area contributed by atoms with Gasteiger partial charge in [0.15, 0.2) is 36.1 Å². The molecule has 8 aliphatic rings. The summed E-state index contributed by atoms with van der Waals surface area (Å²) >= 11 is 0. The number of allylic oxidation sites excluding steroid dienone is 18. The van der Waals surface area contributed by atoms with Gasteiger partial charge in [-0.3, -0.25) is 33.6 Å². The standard InChI is InChI=1S/C50H75FO8.C45H67FO7.CH4/c1-7-9-10-11-12-13-14-15-16-17-18-19-20-21-22-23-40(52)31-38(8-2)34-58-37(4)24-27-46(56)59-35-45(55)50(57)36(3)30-43-42-26-25-39-32-41(53)28-29-47(39,5)49(42,51)44(54)33-48(43,50)6;1-6-7-8-9-10-11-12-13-14-15-16-17-18-19-20-21-28-52-34(3)22-25-41(50)53-32-40(49)45(51)33(2)29-38-37-24-23-35-30-36(47)26-27-42(35,4)44(37,46)39(48)31-43(38,45)5;/h12-13,15-16,28-29,32,36,38,42-44,54,57H,4,7-11,14,17-27,30-31,33-35H2,1-3,5-6H3;10-11,13-14,26-27,30,33,37-39,48,51H,3,6-9,12,15-25,28-29,31-32H2,1-2,4-5H3;1H4/b13-12-,16-15-;11-10-,14-13-;/t36-,38?,42+,43+,44+,47+,48+,49+,50+;33-,37+,38+,39+,42+,43+,44+,45+;/m11./s1. The number of carbonyl (C=O) groups excluding carboxylic acids is 7. The largest absolute Gasteiger partial charge is 0.499 e. The van der Waals surface area contributed by atoms with Crippen molar-refractivity contribution >= 4 is 40.9 Å². The van der Waals surface area contributed by atoms with Gasteiger partial charge in [-0.2, -0.15) is 0 Å². The van der Waals surface area contributed by atoms with E-state index < -0.39 is 123 Å². The van der Waals surface area contributed by atoms with E-state index in [1.54, 1.807) is 53.7 Å². The van der Waals surface area contributed by atoms with Crippen molar-refractivity contribution < 1.29 is 81.7 Å². The molecule has 0 bridgehead atoms. The van der Waals surface area contributed by atoms with E-state index in [4.69, 9.17) is 18.9 Å². The fourth-order valence-corrected chi connectivity index (χ4v) is 21.0. The van der Waals surface area contributed by atoms with Crippen LogP contribution in [0.3, 0.4) is 0 Å². The second-order valence-electron chi connectivity index (χ2n) is 35.3. The predicted molar refractivity (Wildman–Crippen MR) is 445 cm³/mol. The Morgan fingerprint density at radius 1 is 0.513 bits per heavy atom. The molecule has 0 radical (unpaired) electrons. The molecular formula is C96H146F2O15. The Labute approximate surface area is 678 Å². The molecule has 0 aromatic rings. The van der Waals surface area contributed by atoms with Gasteiger partial charge in [-0.25, -0.2) is 8.78 Å². The number of halogens is 2. The summed E-state index contributed by atoms with van der Waals surface area (Å²) in [5.41, 5.74) is -11.2. The van der Waals surface area contributed by atoms with Gasteiger partial charge in [-0.1, -0.05) is 212 Å². The Morgan fingerprint density at radius 2 is 0.894 bits per heavy atom. The van der Waals surface area contributed by atoms with Crippen molar-refractivity contribution in [3.63, 3.8) is 0 Å². The number of aliphatic hydroxyl groups is 4. The highest BCUT2D eigenvalue weighted by Crippen LogP contribution is 2.73. The van der Waals surface area contributed by atoms with Crippen LogP contribution in [0.2, 0.25) is 0 Å². The number of ketones is 5. The molecule has 8 rings (SSSR count). The van der Waals surface area contributed by atoms with Crippen LogP contribution >= 0.6 is 0 Å². The lowest BCUT2D eigenvalue weighted by Crippen LogP contribution is -2.69. The van der Waals surface area contributed by atoms with Gasteiger partial charge in [0.05, 0.1) is 49.8 Å². The van der Waals surface area contributed by atoms with E-state index in [1.807, 2.05) is 6.92 Å². The number of carbonyl (C=O) groups is 7. The maximum atomic E-state index is 17.5. The molecule has 0 aromatic carbocycles. The third-order valence-corrected chi connectivity index (χ3v) is 27.9. The number of hydrogen-bond donors (Lipinski definition) is 4. The highest BCUT2D eigenvalue weighted by Gasteiger charge is 2.77. The van der Waals surface area contributed by atoms with Crippen LogP contribution in [-0.2, 0) is 52.5 Å². The summed E-state index contributed by atoms with van der Waals surface area (Å²) < 4.78 is 57.1. The molecule has 17 atom stereocenters. The van der Waals surface area contributed by atoms with Crippen LogP contribution < -0.4 is 0 Å². The number of ether oxygens (including phenoxy) is 4. The molecular weight excluding hydrogens is 1430 g/mol. The minimum absolute atomic E-state index is 0.